The van der Waals surface area contributed by atoms with Crippen LogP contribution < -0.4 is 15.4 Å². The maximum Gasteiger partial charge on any atom is 0.416 e. The van der Waals surface area contributed by atoms with Gasteiger partial charge in [0.05, 0.1) is 40.6 Å². The molecule has 426 valence electrons. The molecular formula is C49H60Cl4F3N4O16P. The van der Waals surface area contributed by atoms with E-state index in [4.69, 9.17) is 90.2 Å². The fourth-order valence-electron chi connectivity index (χ4n) is 6.66. The van der Waals surface area contributed by atoms with E-state index in [1.165, 1.54) is 18.5 Å². The highest BCUT2D eigenvalue weighted by molar-refractivity contribution is 7.57. The van der Waals surface area contributed by atoms with Crippen molar-refractivity contribution in [1.82, 2.24) is 4.90 Å². The second-order valence-electron chi connectivity index (χ2n) is 16.8. The van der Waals surface area contributed by atoms with Gasteiger partial charge >= 0.3 is 24.1 Å². The number of aliphatic carboxylic acids is 1. The Labute approximate surface area is 462 Å². The highest BCUT2D eigenvalue weighted by Crippen LogP contribution is 2.39. The molecule has 0 saturated carbocycles. The number of nitrogens with zero attached hydrogens (tertiary/aromatic N) is 3. The predicted octanol–water partition coefficient (Wildman–Crippen LogP) is 10.7. The number of rotatable bonds is 19. The van der Waals surface area contributed by atoms with Crippen molar-refractivity contribution in [3.8, 4) is 11.5 Å². The fraction of sp³-hybridized carbons (Fsp3) is 0.449. The quantitative estimate of drug-likeness (QED) is 0.0196. The molecule has 1 fully saturated rings. The molecule has 0 spiro atoms. The van der Waals surface area contributed by atoms with Gasteiger partial charge in [-0.05, 0) is 102 Å². The molecule has 4 aromatic rings. The summed E-state index contributed by atoms with van der Waals surface area (Å²) in [5, 5.41) is 19.2. The summed E-state index contributed by atoms with van der Waals surface area (Å²) in [5.41, 5.74) is 5.31. The van der Waals surface area contributed by atoms with E-state index in [2.05, 4.69) is 6.92 Å². The molecule has 1 aliphatic heterocycles. The molecule has 0 aliphatic carbocycles. The van der Waals surface area contributed by atoms with Crippen LogP contribution in [-0.2, 0) is 55.3 Å². The second-order valence-corrected chi connectivity index (χ2v) is 21.1. The number of nitrogens with two attached hydrogens (primary N) is 1. The molecule has 77 heavy (non-hydrogen) atoms. The first-order chi connectivity index (χ1) is 35.8. The summed E-state index contributed by atoms with van der Waals surface area (Å²) in [6.45, 7) is 14.8. The maximum absolute atomic E-state index is 12.8. The first-order valence-electron chi connectivity index (χ1n) is 23.1. The highest BCUT2D eigenvalue weighted by Gasteiger charge is 2.45. The van der Waals surface area contributed by atoms with Crippen LogP contribution >= 0.6 is 53.8 Å². The van der Waals surface area contributed by atoms with Gasteiger partial charge < -0.3 is 48.7 Å². The number of alkyl halides is 6. The van der Waals surface area contributed by atoms with Gasteiger partial charge in [-0.15, -0.1) is 11.6 Å². The minimum absolute atomic E-state index is 0.0371. The van der Waals surface area contributed by atoms with Crippen molar-refractivity contribution in [3.63, 3.8) is 0 Å². The Kier molecular flexibility index (Phi) is 27.4. The zero-order chi connectivity index (χ0) is 58.6. The number of anilines is 1. The molecule has 1 aliphatic rings. The average Bonchev–Trinajstić information content (AvgIpc) is 4.01. The summed E-state index contributed by atoms with van der Waals surface area (Å²) >= 11 is 22.7. The first kappa shape index (κ1) is 67.6. The smallest absolute Gasteiger partial charge is 0.416 e. The third-order valence-electron chi connectivity index (χ3n) is 10.5. The van der Waals surface area contributed by atoms with Crippen LogP contribution in [-0.4, -0.2) is 117 Å². The molecule has 2 heterocycles. The largest absolute Gasteiger partial charge is 0.480 e. The van der Waals surface area contributed by atoms with Crippen LogP contribution in [0.3, 0.4) is 0 Å². The molecule has 3 aromatic carbocycles. The molecular weight excluding hydrogens is 1130 g/mol. The SMILES string of the molecule is CC1(C)OC(c2ccco2)CN1C(=O)C(Cl)Cl.CCOC(=O)C(C)OC(=O)c1cc(Oc2ccc(C(F)(F)F)cc2Cl)ccc1[N+](=O)[O-].CCOCN(C(=O)CCl)c1c(C)cccc1CC.CP(=O)(O)CCC(N)C(=O)O. The number of halogens is 7. The number of carboxylic acids is 1. The lowest BCUT2D eigenvalue weighted by atomic mass is 10.0. The Hall–Kier alpha value is -5.49. The van der Waals surface area contributed by atoms with E-state index in [1.54, 1.807) is 38.0 Å². The number of benzene rings is 3. The van der Waals surface area contributed by atoms with Crippen LogP contribution in [0.4, 0.5) is 24.5 Å². The van der Waals surface area contributed by atoms with Crippen molar-refractivity contribution < 1.29 is 84.7 Å². The Bertz CT molecular complexity index is 2680. The van der Waals surface area contributed by atoms with Crippen LogP contribution in [0.25, 0.3) is 0 Å². The number of para-hydroxylation sites is 1. The van der Waals surface area contributed by atoms with E-state index in [0.717, 1.165) is 53.6 Å². The van der Waals surface area contributed by atoms with Crippen molar-refractivity contribution in [2.45, 2.75) is 96.3 Å². The molecule has 1 saturated heterocycles. The predicted molar refractivity (Wildman–Crippen MR) is 281 cm³/mol. The molecule has 2 amide bonds. The molecule has 28 heteroatoms. The lowest BCUT2D eigenvalue weighted by Crippen LogP contribution is -2.45. The van der Waals surface area contributed by atoms with Crippen molar-refractivity contribution in [2.75, 3.05) is 50.1 Å². The minimum atomic E-state index is -4.61. The molecule has 5 rings (SSSR count). The normalized spacial score (nSPS) is 15.1. The molecule has 4 unspecified atom stereocenters. The van der Waals surface area contributed by atoms with Crippen LogP contribution in [0, 0.1) is 17.0 Å². The second kappa shape index (κ2) is 31.2. The molecule has 0 bridgehead atoms. The molecule has 20 nitrogen and oxygen atoms in total. The number of carbonyl (C=O) groups excluding carboxylic acids is 4. The summed E-state index contributed by atoms with van der Waals surface area (Å²) in [5.74, 6) is -3.33. The van der Waals surface area contributed by atoms with Gasteiger partial charge in [-0.3, -0.25) is 34.0 Å². The van der Waals surface area contributed by atoms with Gasteiger partial charge in [0.15, 0.2) is 18.3 Å². The average molecular weight is 1190 g/mol. The lowest BCUT2D eigenvalue weighted by Gasteiger charge is -2.29. The number of carboxylic acid groups (broad SMARTS) is 1. The summed E-state index contributed by atoms with van der Waals surface area (Å²) < 4.78 is 80.3. The van der Waals surface area contributed by atoms with Crippen LogP contribution in [0.1, 0.15) is 86.9 Å². The van der Waals surface area contributed by atoms with Gasteiger partial charge in [-0.2, -0.15) is 13.2 Å². The van der Waals surface area contributed by atoms with Gasteiger partial charge in [0, 0.05) is 31.6 Å². The van der Waals surface area contributed by atoms with Crippen molar-refractivity contribution >= 4 is 94.9 Å². The number of aryl methyl sites for hydroxylation is 2. The number of nitro benzene ring substituents is 1. The van der Waals surface area contributed by atoms with Gasteiger partial charge in [0.2, 0.25) is 5.91 Å². The zero-order valence-electron chi connectivity index (χ0n) is 43.0. The minimum Gasteiger partial charge on any atom is -0.480 e. The third-order valence-corrected chi connectivity index (χ3v) is 12.5. The van der Waals surface area contributed by atoms with Gasteiger partial charge in [0.1, 0.15) is 53.3 Å². The highest BCUT2D eigenvalue weighted by atomic mass is 35.5. The summed E-state index contributed by atoms with van der Waals surface area (Å²) in [7, 11) is -3.10. The number of esters is 2. The monoisotopic (exact) mass is 1190 g/mol. The Morgan fingerprint density at radius 2 is 1.70 bits per heavy atom. The van der Waals surface area contributed by atoms with Crippen molar-refractivity contribution in [1.29, 1.82) is 0 Å². The number of ether oxygens (including phenoxy) is 5. The maximum atomic E-state index is 12.8. The van der Waals surface area contributed by atoms with Gasteiger partial charge in [0.25, 0.3) is 11.6 Å². The Balaban J connectivity index is 0.000000378. The molecule has 4 N–H and O–H groups in total. The third kappa shape index (κ3) is 21.7. The summed E-state index contributed by atoms with van der Waals surface area (Å²) in [6, 6.07) is 14.0. The molecule has 4 atom stereocenters. The Morgan fingerprint density at radius 1 is 1.04 bits per heavy atom. The first-order valence-corrected chi connectivity index (χ1v) is 27.2. The number of hydrogen-bond donors (Lipinski definition) is 3. The molecule has 0 radical (unpaired) electrons. The standard InChI is InChI=1S/C19H15ClF3NO7.C14H20ClNO2.C11H13Cl2NO3.C5H12NO4P/c1-3-29-17(25)10(2)30-18(26)13-9-12(5-6-15(13)24(27)28)31-16-7-4-11(8-14(16)20)19(21,22)23;1-4-12-8-6-7-11(3)14(12)16(10-18-5-2)13(17)9-15;1-11(2)14(10(15)9(12)13)6-8(17-11)7-4-3-5-16-7;1-11(9,10)3-2-4(6)5(7)8/h4-10H,3H2,1-2H3;6-8H,4-5,9-10H2,1-3H3;3-5,8-9H,6H2,1-2H3;4H,2-3,6H2,1H3,(H,7,8)(H,9,10). The van der Waals surface area contributed by atoms with Crippen molar-refractivity contribution in [2.24, 2.45) is 5.73 Å². The number of nitro groups is 1. The fourth-order valence-corrected chi connectivity index (χ4v) is 8.02. The van der Waals surface area contributed by atoms with E-state index in [-0.39, 0.29) is 66.2 Å². The summed E-state index contributed by atoms with van der Waals surface area (Å²) in [4.78, 5) is 79.1. The summed E-state index contributed by atoms with van der Waals surface area (Å²) in [6.07, 6.45) is -3.78. The zero-order valence-corrected chi connectivity index (χ0v) is 46.9. The number of furan rings is 1. The van der Waals surface area contributed by atoms with Crippen molar-refractivity contribution in [3.05, 3.63) is 116 Å². The van der Waals surface area contributed by atoms with Gasteiger partial charge in [-0.1, -0.05) is 59.9 Å². The van der Waals surface area contributed by atoms with Gasteiger partial charge in [-0.25, -0.2) is 9.59 Å². The number of hydrogen-bond acceptors (Lipinski definition) is 15. The van der Waals surface area contributed by atoms with E-state index in [1.807, 2.05) is 38.1 Å². The van der Waals surface area contributed by atoms with E-state index >= 15 is 0 Å². The Morgan fingerprint density at radius 3 is 2.21 bits per heavy atom. The topological polar surface area (TPSA) is 278 Å². The van der Waals surface area contributed by atoms with Crippen LogP contribution in [0.5, 0.6) is 11.5 Å². The lowest BCUT2D eigenvalue weighted by molar-refractivity contribution is -0.385. The molecule has 1 aromatic heterocycles. The van der Waals surface area contributed by atoms with Crippen LogP contribution in [0.15, 0.2) is 77.4 Å². The number of carbonyl (C=O) groups is 5. The number of amides is 2. The van der Waals surface area contributed by atoms with Crippen LogP contribution in [0.2, 0.25) is 5.02 Å². The van der Waals surface area contributed by atoms with E-state index in [9.17, 15) is 51.8 Å². The van der Waals surface area contributed by atoms with E-state index < -0.39 is 75.9 Å². The van der Waals surface area contributed by atoms with E-state index in [0.29, 0.717) is 25.0 Å².